The fourth-order valence-corrected chi connectivity index (χ4v) is 3.75. The first-order valence-electron chi connectivity index (χ1n) is 8.09. The molecule has 0 aliphatic carbocycles. The molecular weight excluding hydrogens is 347 g/mol. The number of rotatable bonds is 4. The lowest BCUT2D eigenvalue weighted by molar-refractivity contribution is 0.174. The van der Waals surface area contributed by atoms with Gasteiger partial charge in [0.1, 0.15) is 0 Å². The van der Waals surface area contributed by atoms with Crippen LogP contribution in [0.2, 0.25) is 10.0 Å². The quantitative estimate of drug-likeness (QED) is 0.781. The van der Waals surface area contributed by atoms with Crippen molar-refractivity contribution in [2.45, 2.75) is 12.8 Å². The molecule has 0 bridgehead atoms. The van der Waals surface area contributed by atoms with Crippen molar-refractivity contribution in [3.8, 4) is 11.5 Å². The van der Waals surface area contributed by atoms with Crippen molar-refractivity contribution in [2.24, 2.45) is 11.8 Å². The van der Waals surface area contributed by atoms with Crippen LogP contribution in [-0.2, 0) is 17.6 Å². The van der Waals surface area contributed by atoms with Crippen LogP contribution in [0.3, 0.4) is 0 Å². The minimum Gasteiger partial charge on any atom is -0.454 e. The molecule has 4 rings (SSSR count). The van der Waals surface area contributed by atoms with Crippen LogP contribution in [0.4, 0.5) is 0 Å². The lowest BCUT2D eigenvalue weighted by Gasteiger charge is -2.18. The summed E-state index contributed by atoms with van der Waals surface area (Å²) in [5.41, 5.74) is 2.46. The second-order valence-corrected chi connectivity index (χ2v) is 7.22. The number of ether oxygens (including phenoxy) is 3. The molecule has 2 aliphatic heterocycles. The molecule has 2 aromatic carbocycles. The molecule has 1 saturated heterocycles. The summed E-state index contributed by atoms with van der Waals surface area (Å²) in [6.07, 6.45) is 1.93. The molecule has 5 heteroatoms. The summed E-state index contributed by atoms with van der Waals surface area (Å²) in [5, 5.41) is 1.21. The van der Waals surface area contributed by atoms with Gasteiger partial charge in [-0.25, -0.2) is 0 Å². The van der Waals surface area contributed by atoms with Crippen molar-refractivity contribution in [3.63, 3.8) is 0 Å². The Morgan fingerprint density at radius 1 is 0.792 bits per heavy atom. The summed E-state index contributed by atoms with van der Waals surface area (Å²) >= 11 is 12.1. The van der Waals surface area contributed by atoms with Crippen LogP contribution in [0.5, 0.6) is 11.5 Å². The van der Waals surface area contributed by atoms with E-state index in [0.717, 1.165) is 37.6 Å². The van der Waals surface area contributed by atoms with E-state index in [4.69, 9.17) is 37.4 Å². The monoisotopic (exact) mass is 364 g/mol. The molecule has 0 N–H and O–H groups in total. The Morgan fingerprint density at radius 2 is 1.46 bits per heavy atom. The third-order valence-corrected chi connectivity index (χ3v) is 5.49. The summed E-state index contributed by atoms with van der Waals surface area (Å²) in [5.74, 6) is 2.63. The van der Waals surface area contributed by atoms with Gasteiger partial charge in [-0.15, -0.1) is 0 Å². The van der Waals surface area contributed by atoms with Gasteiger partial charge in [0.25, 0.3) is 0 Å². The lowest BCUT2D eigenvalue weighted by Crippen LogP contribution is -2.17. The Labute approximate surface area is 151 Å². The summed E-state index contributed by atoms with van der Waals surface area (Å²) in [6.45, 7) is 1.89. The third kappa shape index (κ3) is 3.34. The molecule has 2 heterocycles. The fourth-order valence-electron chi connectivity index (χ4n) is 3.43. The topological polar surface area (TPSA) is 27.7 Å². The molecule has 1 fully saturated rings. The Balaban J connectivity index is 1.45. The SMILES string of the molecule is Clc1ccc(C[C@H]2COC[C@@H]2Cc2ccc3c(c2)OCO3)cc1Cl. The highest BCUT2D eigenvalue weighted by molar-refractivity contribution is 6.42. The molecule has 0 unspecified atom stereocenters. The number of fused-ring (bicyclic) bond motifs is 1. The van der Waals surface area contributed by atoms with Crippen molar-refractivity contribution < 1.29 is 14.2 Å². The van der Waals surface area contributed by atoms with Crippen molar-refractivity contribution in [2.75, 3.05) is 20.0 Å². The second kappa shape index (κ2) is 6.83. The van der Waals surface area contributed by atoms with Crippen molar-refractivity contribution in [1.82, 2.24) is 0 Å². The zero-order valence-electron chi connectivity index (χ0n) is 13.1. The van der Waals surface area contributed by atoms with Gasteiger partial charge in [-0.3, -0.25) is 0 Å². The van der Waals surface area contributed by atoms with Crippen molar-refractivity contribution in [3.05, 3.63) is 57.6 Å². The van der Waals surface area contributed by atoms with E-state index >= 15 is 0 Å². The Morgan fingerprint density at radius 3 is 2.21 bits per heavy atom. The first-order chi connectivity index (χ1) is 11.7. The average molecular weight is 365 g/mol. The van der Waals surface area contributed by atoms with Crippen LogP contribution in [0.25, 0.3) is 0 Å². The standard InChI is InChI=1S/C19H18Cl2O3/c20-16-3-1-12(7-17(16)21)5-14-9-22-10-15(14)6-13-2-4-18-19(8-13)24-11-23-18/h1-4,7-8,14-15H,5-6,9-11H2/t14-,15-/m0/s1. The maximum atomic E-state index is 6.13. The molecule has 0 aromatic heterocycles. The minimum atomic E-state index is 0.311. The van der Waals surface area contributed by atoms with E-state index in [1.54, 1.807) is 0 Å². The molecule has 2 atom stereocenters. The molecule has 3 nitrogen and oxygen atoms in total. The van der Waals surface area contributed by atoms with E-state index in [1.807, 2.05) is 24.3 Å². The highest BCUT2D eigenvalue weighted by Crippen LogP contribution is 2.35. The highest BCUT2D eigenvalue weighted by Gasteiger charge is 2.29. The van der Waals surface area contributed by atoms with Crippen LogP contribution in [0.1, 0.15) is 11.1 Å². The van der Waals surface area contributed by atoms with E-state index in [-0.39, 0.29) is 0 Å². The van der Waals surface area contributed by atoms with Crippen LogP contribution < -0.4 is 9.47 Å². The Bertz CT molecular complexity index is 747. The Hall–Kier alpha value is -1.42. The molecule has 0 spiro atoms. The van der Waals surface area contributed by atoms with Crippen LogP contribution in [0.15, 0.2) is 36.4 Å². The average Bonchev–Trinajstić information content (AvgIpc) is 3.20. The molecule has 0 radical (unpaired) electrons. The second-order valence-electron chi connectivity index (χ2n) is 6.40. The summed E-state index contributed by atoms with van der Waals surface area (Å²) < 4.78 is 16.6. The predicted octanol–water partition coefficient (Wildman–Crippen LogP) is 4.77. The molecule has 24 heavy (non-hydrogen) atoms. The molecule has 126 valence electrons. The van der Waals surface area contributed by atoms with Gasteiger partial charge in [0.2, 0.25) is 6.79 Å². The van der Waals surface area contributed by atoms with E-state index in [2.05, 4.69) is 12.1 Å². The summed E-state index contributed by atoms with van der Waals surface area (Å²) in [6, 6.07) is 12.0. The summed E-state index contributed by atoms with van der Waals surface area (Å²) in [4.78, 5) is 0. The molecule has 2 aliphatic rings. The fraction of sp³-hybridized carbons (Fsp3) is 0.368. The predicted molar refractivity (Wildman–Crippen MR) is 94.2 cm³/mol. The van der Waals surface area contributed by atoms with Crippen LogP contribution in [-0.4, -0.2) is 20.0 Å². The van der Waals surface area contributed by atoms with Gasteiger partial charge in [-0.2, -0.15) is 0 Å². The lowest BCUT2D eigenvalue weighted by atomic mass is 9.85. The van der Waals surface area contributed by atoms with Crippen LogP contribution in [0, 0.1) is 11.8 Å². The van der Waals surface area contributed by atoms with E-state index in [0.29, 0.717) is 28.7 Å². The highest BCUT2D eigenvalue weighted by atomic mass is 35.5. The van der Waals surface area contributed by atoms with Gasteiger partial charge >= 0.3 is 0 Å². The smallest absolute Gasteiger partial charge is 0.231 e. The maximum absolute atomic E-state index is 6.13. The first kappa shape index (κ1) is 16.1. The minimum absolute atomic E-state index is 0.311. The zero-order valence-corrected chi connectivity index (χ0v) is 14.6. The van der Waals surface area contributed by atoms with Crippen LogP contribution >= 0.6 is 23.2 Å². The van der Waals surface area contributed by atoms with E-state index in [1.165, 1.54) is 11.1 Å². The van der Waals surface area contributed by atoms with Gasteiger partial charge in [0.15, 0.2) is 11.5 Å². The molecule has 2 aromatic rings. The van der Waals surface area contributed by atoms with Gasteiger partial charge < -0.3 is 14.2 Å². The zero-order chi connectivity index (χ0) is 16.5. The van der Waals surface area contributed by atoms with E-state index < -0.39 is 0 Å². The number of benzene rings is 2. The van der Waals surface area contributed by atoms with Gasteiger partial charge in [-0.1, -0.05) is 35.3 Å². The maximum Gasteiger partial charge on any atom is 0.231 e. The van der Waals surface area contributed by atoms with Crippen molar-refractivity contribution in [1.29, 1.82) is 0 Å². The number of hydrogen-bond acceptors (Lipinski definition) is 3. The molecule has 0 saturated carbocycles. The molecule has 0 amide bonds. The van der Waals surface area contributed by atoms with Gasteiger partial charge in [-0.05, 0) is 60.1 Å². The molecular formula is C19H18Cl2O3. The van der Waals surface area contributed by atoms with Gasteiger partial charge in [0.05, 0.1) is 23.3 Å². The first-order valence-corrected chi connectivity index (χ1v) is 8.85. The van der Waals surface area contributed by atoms with Gasteiger partial charge in [0, 0.05) is 0 Å². The Kier molecular flexibility index (Phi) is 4.57. The number of hydrogen-bond donors (Lipinski definition) is 0. The largest absolute Gasteiger partial charge is 0.454 e. The van der Waals surface area contributed by atoms with E-state index in [9.17, 15) is 0 Å². The third-order valence-electron chi connectivity index (χ3n) is 4.75. The van der Waals surface area contributed by atoms with Crippen molar-refractivity contribution >= 4 is 23.2 Å². The normalized spacial score (nSPS) is 22.1. The summed E-state index contributed by atoms with van der Waals surface area (Å²) in [7, 11) is 0. The number of halogens is 2.